The quantitative estimate of drug-likeness (QED) is 0.568. The van der Waals surface area contributed by atoms with Gasteiger partial charge in [-0.2, -0.15) is 0 Å². The van der Waals surface area contributed by atoms with Crippen LogP contribution < -0.4 is 10.5 Å². The number of carbonyl (C=O) groups is 1. The predicted molar refractivity (Wildman–Crippen MR) is 113 cm³/mol. The fourth-order valence-electron chi connectivity index (χ4n) is 3.47. The van der Waals surface area contributed by atoms with Crippen LogP contribution in [0.25, 0.3) is 22.3 Å². The molecule has 4 rings (SSSR count). The molecule has 1 aliphatic rings. The smallest absolute Gasteiger partial charge is 0.405 e. The number of rotatable bonds is 2. The molecule has 0 radical (unpaired) electrons. The molecule has 1 amide bonds. The molecule has 0 spiro atoms. The van der Waals surface area contributed by atoms with E-state index in [0.717, 1.165) is 6.07 Å². The monoisotopic (exact) mass is 457 g/mol. The van der Waals surface area contributed by atoms with Crippen molar-refractivity contribution >= 4 is 22.8 Å². The van der Waals surface area contributed by atoms with Gasteiger partial charge in [-0.15, -0.1) is 13.2 Å². The zero-order valence-electron chi connectivity index (χ0n) is 17.6. The molecule has 1 atom stereocenters. The molecule has 0 bridgehead atoms. The Morgan fingerprint density at radius 3 is 2.64 bits per heavy atom. The highest BCUT2D eigenvalue weighted by Crippen LogP contribution is 2.35. The molecule has 1 aromatic carbocycles. The Morgan fingerprint density at radius 1 is 1.21 bits per heavy atom. The highest BCUT2D eigenvalue weighted by molar-refractivity contribution is 5.90. The molecule has 3 heterocycles. The number of amides is 1. The molecule has 33 heavy (non-hydrogen) atoms. The summed E-state index contributed by atoms with van der Waals surface area (Å²) < 4.78 is 43.2. The first-order valence-electron chi connectivity index (χ1n) is 9.77. The number of likely N-dealkylation sites (N-methyl/N-ethyl adjacent to an activating group) is 1. The number of anilines is 1. The number of alkyl halides is 3. The number of halogens is 3. The summed E-state index contributed by atoms with van der Waals surface area (Å²) in [6, 6.07) is 6.77. The van der Waals surface area contributed by atoms with Crippen molar-refractivity contribution in [2.75, 3.05) is 19.3 Å². The van der Waals surface area contributed by atoms with Gasteiger partial charge >= 0.3 is 6.36 Å². The van der Waals surface area contributed by atoms with Gasteiger partial charge < -0.3 is 20.5 Å². The van der Waals surface area contributed by atoms with Crippen LogP contribution in [-0.4, -0.2) is 56.4 Å². The molecule has 0 saturated carbocycles. The number of nitrogen functional groups attached to an aromatic ring is 1. The third kappa shape index (κ3) is 4.51. The van der Waals surface area contributed by atoms with Crippen LogP contribution in [0.2, 0.25) is 0 Å². The van der Waals surface area contributed by atoms with Crippen LogP contribution in [0.1, 0.15) is 17.8 Å². The highest BCUT2D eigenvalue weighted by atomic mass is 19.4. The highest BCUT2D eigenvalue weighted by Gasteiger charge is 2.42. The zero-order chi connectivity index (χ0) is 24.0. The van der Waals surface area contributed by atoms with E-state index in [1.807, 2.05) is 0 Å². The largest absolute Gasteiger partial charge is 0.573 e. The summed E-state index contributed by atoms with van der Waals surface area (Å²) in [6.45, 7) is 2.00. The minimum absolute atomic E-state index is 0.0112. The van der Waals surface area contributed by atoms with Crippen LogP contribution in [0.15, 0.2) is 30.3 Å². The van der Waals surface area contributed by atoms with Gasteiger partial charge in [-0.3, -0.25) is 4.79 Å². The second-order valence-electron chi connectivity index (χ2n) is 7.57. The number of pyridine rings is 1. The van der Waals surface area contributed by atoms with Crippen LogP contribution in [0, 0.1) is 18.8 Å². The van der Waals surface area contributed by atoms with E-state index in [9.17, 15) is 23.1 Å². The van der Waals surface area contributed by atoms with Gasteiger partial charge in [-0.05, 0) is 37.3 Å². The summed E-state index contributed by atoms with van der Waals surface area (Å²) in [5, 5.41) is 10.5. The second kappa shape index (κ2) is 7.90. The van der Waals surface area contributed by atoms with Crippen molar-refractivity contribution < 1.29 is 27.8 Å². The fourth-order valence-corrected chi connectivity index (χ4v) is 3.47. The molecule has 1 saturated heterocycles. The number of carbonyl (C=O) groups excluding carboxylic acids is 1. The Bertz CT molecular complexity index is 1330. The number of hydrogen-bond acceptors (Lipinski definition) is 7. The Morgan fingerprint density at radius 2 is 1.97 bits per heavy atom. The Kier molecular flexibility index (Phi) is 5.33. The van der Waals surface area contributed by atoms with Crippen LogP contribution in [0.3, 0.4) is 0 Å². The number of ether oxygens (including phenoxy) is 1. The number of likely N-dealkylation sites (tertiary alicyclic amines) is 1. The van der Waals surface area contributed by atoms with E-state index < -0.39 is 23.6 Å². The summed E-state index contributed by atoms with van der Waals surface area (Å²) in [5.41, 5.74) is 5.10. The topological polar surface area (TPSA) is 114 Å². The first-order chi connectivity index (χ1) is 15.4. The summed E-state index contributed by atoms with van der Waals surface area (Å²) >= 11 is 0. The predicted octanol–water partition coefficient (Wildman–Crippen LogP) is 2.43. The second-order valence-corrected chi connectivity index (χ2v) is 7.57. The average molecular weight is 457 g/mol. The molecule has 1 fully saturated rings. The van der Waals surface area contributed by atoms with Gasteiger partial charge in [0.1, 0.15) is 17.1 Å². The van der Waals surface area contributed by atoms with E-state index in [0.29, 0.717) is 17.9 Å². The van der Waals surface area contributed by atoms with Crippen molar-refractivity contribution in [1.82, 2.24) is 19.9 Å². The van der Waals surface area contributed by atoms with Gasteiger partial charge in [0.15, 0.2) is 5.82 Å². The van der Waals surface area contributed by atoms with E-state index in [4.69, 9.17) is 5.73 Å². The van der Waals surface area contributed by atoms with E-state index in [2.05, 4.69) is 31.5 Å². The first-order valence-corrected chi connectivity index (χ1v) is 9.77. The van der Waals surface area contributed by atoms with Gasteiger partial charge in [0.25, 0.3) is 5.91 Å². The lowest BCUT2D eigenvalue weighted by Gasteiger charge is -2.15. The maximum Gasteiger partial charge on any atom is 0.573 e. The van der Waals surface area contributed by atoms with Crippen molar-refractivity contribution in [3.05, 3.63) is 41.7 Å². The van der Waals surface area contributed by atoms with Crippen molar-refractivity contribution in [1.29, 1.82) is 0 Å². The van der Waals surface area contributed by atoms with Gasteiger partial charge in [0, 0.05) is 31.1 Å². The number of aliphatic hydroxyl groups is 1. The normalized spacial score (nSPS) is 18.4. The zero-order valence-corrected chi connectivity index (χ0v) is 17.6. The lowest BCUT2D eigenvalue weighted by atomic mass is 10.0. The third-order valence-corrected chi connectivity index (χ3v) is 5.09. The summed E-state index contributed by atoms with van der Waals surface area (Å²) in [5.74, 6) is 4.69. The van der Waals surface area contributed by atoms with Gasteiger partial charge in [0.2, 0.25) is 5.60 Å². The molecule has 8 nitrogen and oxygen atoms in total. The van der Waals surface area contributed by atoms with E-state index in [1.165, 1.54) is 23.1 Å². The molecule has 3 N–H and O–H groups in total. The molecular formula is C22H18F3N5O3. The molecule has 2 aromatic heterocycles. The van der Waals surface area contributed by atoms with E-state index >= 15 is 0 Å². The number of nitrogens with two attached hydrogens (primary N) is 1. The number of hydrogen-bond donors (Lipinski definition) is 2. The van der Waals surface area contributed by atoms with Crippen molar-refractivity contribution in [3.63, 3.8) is 0 Å². The minimum atomic E-state index is -4.94. The number of fused-ring (bicyclic) bond motifs is 1. The van der Waals surface area contributed by atoms with Crippen LogP contribution in [-0.2, 0) is 4.79 Å². The number of benzene rings is 1. The molecule has 0 aliphatic carbocycles. The van der Waals surface area contributed by atoms with Crippen molar-refractivity contribution in [3.8, 4) is 28.8 Å². The third-order valence-electron chi connectivity index (χ3n) is 5.09. The van der Waals surface area contributed by atoms with Crippen LogP contribution in [0.5, 0.6) is 5.75 Å². The standard InChI is InChI=1S/C22H18F3N5O3/c1-12-27-16-5-4-15(29-18(16)19(26)28-12)14-11-13(3-6-17(14)33-22(23,24)25)7-8-21(32)9-10-30(2)20(21)31/h3-6,11,32H,9-10H2,1-2H3,(H2,26,27,28). The maximum absolute atomic E-state index is 13.0. The van der Waals surface area contributed by atoms with Crippen molar-refractivity contribution in [2.24, 2.45) is 0 Å². The molecule has 3 aromatic rings. The van der Waals surface area contributed by atoms with Crippen molar-refractivity contribution in [2.45, 2.75) is 25.3 Å². The molecule has 1 aliphatic heterocycles. The number of aryl methyl sites for hydroxylation is 1. The van der Waals surface area contributed by atoms with Crippen LogP contribution in [0.4, 0.5) is 19.0 Å². The number of aromatic nitrogens is 3. The molecular weight excluding hydrogens is 439 g/mol. The summed E-state index contributed by atoms with van der Waals surface area (Å²) in [6.07, 6.45) is -4.81. The average Bonchev–Trinajstić information content (AvgIpc) is 2.99. The van der Waals surface area contributed by atoms with Crippen LogP contribution >= 0.6 is 0 Å². The molecule has 11 heteroatoms. The Hall–Kier alpha value is -3.91. The Labute approximate surface area is 186 Å². The van der Waals surface area contributed by atoms with E-state index in [1.54, 1.807) is 20.0 Å². The summed E-state index contributed by atoms with van der Waals surface area (Å²) in [4.78, 5) is 26.1. The SMILES string of the molecule is Cc1nc(N)c2nc(-c3cc(C#CC4(O)CCN(C)C4=O)ccc3OC(F)(F)F)ccc2n1. The lowest BCUT2D eigenvalue weighted by molar-refractivity contribution is -0.274. The van der Waals surface area contributed by atoms with Gasteiger partial charge in [-0.1, -0.05) is 11.8 Å². The lowest BCUT2D eigenvalue weighted by Crippen LogP contribution is -2.37. The molecule has 170 valence electrons. The minimum Gasteiger partial charge on any atom is -0.405 e. The first kappa shape index (κ1) is 22.3. The maximum atomic E-state index is 13.0. The van der Waals surface area contributed by atoms with Gasteiger partial charge in [-0.25, -0.2) is 15.0 Å². The fraction of sp³-hybridized carbons (Fsp3) is 0.273. The van der Waals surface area contributed by atoms with Gasteiger partial charge in [0.05, 0.1) is 11.2 Å². The summed E-state index contributed by atoms with van der Waals surface area (Å²) in [7, 11) is 1.55. The molecule has 1 unspecified atom stereocenters. The van der Waals surface area contributed by atoms with E-state index in [-0.39, 0.29) is 34.6 Å². The Balaban J connectivity index is 1.81. The number of nitrogens with zero attached hydrogens (tertiary/aromatic N) is 4.